The summed E-state index contributed by atoms with van der Waals surface area (Å²) in [6.07, 6.45) is 0. The number of rotatable bonds is 3. The van der Waals surface area contributed by atoms with E-state index in [1.165, 1.54) is 17.4 Å². The zero-order chi connectivity index (χ0) is 12.4. The monoisotopic (exact) mass is 334 g/mol. The zero-order valence-electron chi connectivity index (χ0n) is 8.58. The molecule has 0 fully saturated rings. The summed E-state index contributed by atoms with van der Waals surface area (Å²) in [6, 6.07) is 4.45. The smallest absolute Gasteiger partial charge is 0.146 e. The first-order valence-electron chi connectivity index (χ1n) is 4.76. The van der Waals surface area contributed by atoms with Crippen LogP contribution < -0.4 is 11.3 Å². The lowest BCUT2D eigenvalue weighted by molar-refractivity contribution is 0.560. The number of halogens is 3. The molecule has 0 saturated carbocycles. The number of thiophene rings is 1. The van der Waals surface area contributed by atoms with Gasteiger partial charge in [0, 0.05) is 15.4 Å². The quantitative estimate of drug-likeness (QED) is 0.660. The molecule has 1 atom stereocenters. The third kappa shape index (κ3) is 2.53. The van der Waals surface area contributed by atoms with E-state index in [9.17, 15) is 4.39 Å². The van der Waals surface area contributed by atoms with Gasteiger partial charge < -0.3 is 0 Å². The Hall–Kier alpha value is -0.460. The molecule has 2 nitrogen and oxygen atoms in total. The van der Waals surface area contributed by atoms with Gasteiger partial charge in [0.25, 0.3) is 0 Å². The molecule has 0 amide bonds. The molecule has 1 aromatic carbocycles. The summed E-state index contributed by atoms with van der Waals surface area (Å²) in [5.74, 6) is 5.06. The van der Waals surface area contributed by atoms with Gasteiger partial charge in [0.1, 0.15) is 5.82 Å². The lowest BCUT2D eigenvalue weighted by atomic mass is 10.0. The van der Waals surface area contributed by atoms with Crippen LogP contribution in [0.2, 0.25) is 5.02 Å². The van der Waals surface area contributed by atoms with Crippen LogP contribution in [0, 0.1) is 5.82 Å². The van der Waals surface area contributed by atoms with Crippen LogP contribution in [-0.2, 0) is 0 Å². The Bertz CT molecular complexity index is 532. The van der Waals surface area contributed by atoms with Crippen molar-refractivity contribution >= 4 is 38.9 Å². The van der Waals surface area contributed by atoms with E-state index in [1.54, 1.807) is 12.1 Å². The normalized spacial score (nSPS) is 12.7. The maximum absolute atomic E-state index is 13.9. The van der Waals surface area contributed by atoms with E-state index < -0.39 is 11.9 Å². The van der Waals surface area contributed by atoms with Gasteiger partial charge in [-0.15, -0.1) is 0 Å². The van der Waals surface area contributed by atoms with E-state index >= 15 is 0 Å². The molecule has 1 heterocycles. The molecular weight excluding hydrogens is 327 g/mol. The number of nitrogens with two attached hydrogens (primary N) is 1. The molecule has 0 aliphatic rings. The van der Waals surface area contributed by atoms with E-state index in [0.29, 0.717) is 5.56 Å². The van der Waals surface area contributed by atoms with Crippen LogP contribution >= 0.6 is 38.9 Å². The summed E-state index contributed by atoms with van der Waals surface area (Å²) in [5.41, 5.74) is 3.93. The maximum Gasteiger partial charge on any atom is 0.146 e. The van der Waals surface area contributed by atoms with Gasteiger partial charge in [0.15, 0.2) is 0 Å². The van der Waals surface area contributed by atoms with Crippen molar-refractivity contribution in [2.75, 3.05) is 0 Å². The van der Waals surface area contributed by atoms with Gasteiger partial charge in [0.2, 0.25) is 0 Å². The highest BCUT2D eigenvalue weighted by Crippen LogP contribution is 2.33. The number of nitrogens with one attached hydrogen (secondary N) is 1. The van der Waals surface area contributed by atoms with Crippen LogP contribution in [0.1, 0.15) is 17.2 Å². The van der Waals surface area contributed by atoms with Gasteiger partial charge >= 0.3 is 0 Å². The maximum atomic E-state index is 13.9. The van der Waals surface area contributed by atoms with Gasteiger partial charge in [0.05, 0.1) is 11.1 Å². The Morgan fingerprint density at radius 3 is 2.71 bits per heavy atom. The highest BCUT2D eigenvalue weighted by atomic mass is 79.9. The standard InChI is InChI=1S/C11H9BrClFN2S/c12-8-5-17-4-7(8)11(16-15)6-2-1-3-9(13)10(6)14/h1-5,11,16H,15H2. The van der Waals surface area contributed by atoms with Crippen LogP contribution in [0.25, 0.3) is 0 Å². The number of benzene rings is 1. The summed E-state index contributed by atoms with van der Waals surface area (Å²) >= 11 is 10.7. The minimum Gasteiger partial charge on any atom is -0.271 e. The van der Waals surface area contributed by atoms with Crippen LogP contribution in [0.15, 0.2) is 33.4 Å². The molecule has 0 spiro atoms. The van der Waals surface area contributed by atoms with Gasteiger partial charge in [-0.1, -0.05) is 23.7 Å². The summed E-state index contributed by atoms with van der Waals surface area (Å²) in [6.45, 7) is 0. The average Bonchev–Trinajstić information content (AvgIpc) is 2.72. The molecule has 2 rings (SSSR count). The molecule has 90 valence electrons. The van der Waals surface area contributed by atoms with E-state index in [4.69, 9.17) is 17.4 Å². The molecule has 0 aliphatic heterocycles. The lowest BCUT2D eigenvalue weighted by Crippen LogP contribution is -2.29. The van der Waals surface area contributed by atoms with Crippen molar-refractivity contribution in [3.8, 4) is 0 Å². The van der Waals surface area contributed by atoms with Crippen molar-refractivity contribution in [3.63, 3.8) is 0 Å². The number of hydrogen-bond acceptors (Lipinski definition) is 3. The molecule has 0 bridgehead atoms. The molecule has 1 unspecified atom stereocenters. The first-order chi connectivity index (χ1) is 8.15. The summed E-state index contributed by atoms with van der Waals surface area (Å²) < 4.78 is 14.8. The summed E-state index contributed by atoms with van der Waals surface area (Å²) in [5, 5.41) is 3.92. The van der Waals surface area contributed by atoms with Crippen LogP contribution in [0.3, 0.4) is 0 Å². The molecule has 17 heavy (non-hydrogen) atoms. The van der Waals surface area contributed by atoms with Crippen LogP contribution in [0.4, 0.5) is 4.39 Å². The van der Waals surface area contributed by atoms with Crippen molar-refractivity contribution < 1.29 is 4.39 Å². The molecule has 1 aromatic heterocycles. The fraction of sp³-hybridized carbons (Fsp3) is 0.0909. The molecule has 0 saturated heterocycles. The molecule has 2 aromatic rings. The van der Waals surface area contributed by atoms with E-state index in [1.807, 2.05) is 10.8 Å². The lowest BCUT2D eigenvalue weighted by Gasteiger charge is -2.17. The van der Waals surface area contributed by atoms with Gasteiger partial charge in [-0.25, -0.2) is 9.82 Å². The van der Waals surface area contributed by atoms with Gasteiger partial charge in [-0.3, -0.25) is 5.84 Å². The van der Waals surface area contributed by atoms with Gasteiger partial charge in [-0.05, 0) is 32.9 Å². The highest BCUT2D eigenvalue weighted by Gasteiger charge is 2.20. The molecule has 3 N–H and O–H groups in total. The number of hydrogen-bond donors (Lipinski definition) is 2. The van der Waals surface area contributed by atoms with Crippen molar-refractivity contribution in [3.05, 3.63) is 55.4 Å². The van der Waals surface area contributed by atoms with E-state index in [-0.39, 0.29) is 5.02 Å². The Kier molecular flexibility index (Phi) is 4.17. The average molecular weight is 336 g/mol. The topological polar surface area (TPSA) is 38.0 Å². The summed E-state index contributed by atoms with van der Waals surface area (Å²) in [7, 11) is 0. The third-order valence-corrected chi connectivity index (χ3v) is 4.46. The second kappa shape index (κ2) is 5.46. The first-order valence-corrected chi connectivity index (χ1v) is 6.88. The Labute approximate surface area is 116 Å². The molecule has 0 aliphatic carbocycles. The predicted octanol–water partition coefficient (Wildman–Crippen LogP) is 3.86. The van der Waals surface area contributed by atoms with Crippen LogP contribution in [0.5, 0.6) is 0 Å². The van der Waals surface area contributed by atoms with Crippen molar-refractivity contribution in [2.45, 2.75) is 6.04 Å². The van der Waals surface area contributed by atoms with Crippen molar-refractivity contribution in [1.82, 2.24) is 5.43 Å². The largest absolute Gasteiger partial charge is 0.271 e. The highest BCUT2D eigenvalue weighted by molar-refractivity contribution is 9.10. The van der Waals surface area contributed by atoms with E-state index in [0.717, 1.165) is 10.0 Å². The minimum absolute atomic E-state index is 0.0918. The minimum atomic E-state index is -0.449. The van der Waals surface area contributed by atoms with E-state index in [2.05, 4.69) is 21.4 Å². The SMILES string of the molecule is NNC(c1cscc1Br)c1cccc(Cl)c1F. The molecule has 0 radical (unpaired) electrons. The zero-order valence-corrected chi connectivity index (χ0v) is 11.7. The van der Waals surface area contributed by atoms with Crippen LogP contribution in [-0.4, -0.2) is 0 Å². The number of hydrazine groups is 1. The second-order valence-electron chi connectivity index (χ2n) is 3.42. The Morgan fingerprint density at radius 2 is 2.12 bits per heavy atom. The first kappa shape index (κ1) is 13.0. The molecular formula is C11H9BrClFN2S. The fourth-order valence-corrected chi connectivity index (χ4v) is 3.32. The second-order valence-corrected chi connectivity index (χ2v) is 5.42. The van der Waals surface area contributed by atoms with Crippen molar-refractivity contribution in [2.24, 2.45) is 5.84 Å². The Morgan fingerprint density at radius 1 is 1.35 bits per heavy atom. The third-order valence-electron chi connectivity index (χ3n) is 2.41. The van der Waals surface area contributed by atoms with Gasteiger partial charge in [-0.2, -0.15) is 11.3 Å². The predicted molar refractivity (Wildman–Crippen MR) is 72.6 cm³/mol. The summed E-state index contributed by atoms with van der Waals surface area (Å²) in [4.78, 5) is 0. The van der Waals surface area contributed by atoms with Crippen molar-refractivity contribution in [1.29, 1.82) is 0 Å². The fourth-order valence-electron chi connectivity index (χ4n) is 1.59. The molecule has 6 heteroatoms. The Balaban J connectivity index is 2.50.